The number of hydrogen-bond acceptors (Lipinski definition) is 4. The monoisotopic (exact) mass is 301 g/mol. The molecule has 0 aliphatic heterocycles. The number of aromatic nitrogens is 3. The van der Waals surface area contributed by atoms with Crippen LogP contribution in [0.3, 0.4) is 0 Å². The number of nitrogens with zero attached hydrogens (tertiary/aromatic N) is 3. The summed E-state index contributed by atoms with van der Waals surface area (Å²) < 4.78 is 44.3. The number of pyridine rings is 1. The van der Waals surface area contributed by atoms with E-state index in [9.17, 15) is 18.0 Å². The van der Waals surface area contributed by atoms with Gasteiger partial charge in [0.1, 0.15) is 12.1 Å². The Hall–Kier alpha value is -2.12. The van der Waals surface area contributed by atoms with Crippen molar-refractivity contribution in [2.75, 3.05) is 0 Å². The molecule has 0 saturated heterocycles. The average molecular weight is 301 g/mol. The highest BCUT2D eigenvalue weighted by Crippen LogP contribution is 2.26. The molecule has 114 valence electrons. The molecule has 21 heavy (non-hydrogen) atoms. The highest BCUT2D eigenvalue weighted by Gasteiger charge is 2.34. The second-order valence-corrected chi connectivity index (χ2v) is 5.60. The number of rotatable bonds is 2. The van der Waals surface area contributed by atoms with E-state index >= 15 is 0 Å². The second-order valence-electron chi connectivity index (χ2n) is 5.60. The van der Waals surface area contributed by atoms with Crippen LogP contribution in [0, 0.1) is 0 Å². The van der Waals surface area contributed by atoms with Gasteiger partial charge in [-0.1, -0.05) is 20.8 Å². The third-order valence-corrected chi connectivity index (χ3v) is 2.74. The normalized spacial score (nSPS) is 12.7. The van der Waals surface area contributed by atoms with E-state index in [2.05, 4.69) is 10.2 Å². The molecule has 0 aromatic carbocycles. The predicted molar refractivity (Wildman–Crippen MR) is 67.8 cm³/mol. The number of halogens is 3. The smallest absolute Gasteiger partial charge is 0.421 e. The largest absolute Gasteiger partial charge is 0.423 e. The maximum atomic E-state index is 12.7. The molecule has 2 aromatic heterocycles. The Balaban J connectivity index is 2.33. The van der Waals surface area contributed by atoms with E-state index < -0.39 is 17.3 Å². The standard InChI is InChI=1S/C13H14F3N3O2/c1-12(2,3)11-18-17-9(21-11)7-19-6-4-5-8(10(19)20)13(14,15)16/h4-6H,7H2,1-3H3. The van der Waals surface area contributed by atoms with Crippen LogP contribution in [-0.4, -0.2) is 14.8 Å². The zero-order chi connectivity index (χ0) is 15.8. The van der Waals surface area contributed by atoms with Gasteiger partial charge in [0.25, 0.3) is 5.56 Å². The van der Waals surface area contributed by atoms with E-state index in [-0.39, 0.29) is 17.9 Å². The first-order valence-corrected chi connectivity index (χ1v) is 6.18. The van der Waals surface area contributed by atoms with Gasteiger partial charge >= 0.3 is 6.18 Å². The summed E-state index contributed by atoms with van der Waals surface area (Å²) in [5.74, 6) is 0.443. The molecule has 0 aliphatic carbocycles. The lowest BCUT2D eigenvalue weighted by atomic mass is 9.97. The quantitative estimate of drug-likeness (QED) is 0.855. The van der Waals surface area contributed by atoms with Crippen LogP contribution in [-0.2, 0) is 18.1 Å². The van der Waals surface area contributed by atoms with Crippen LogP contribution >= 0.6 is 0 Å². The van der Waals surface area contributed by atoms with Crippen LogP contribution in [0.1, 0.15) is 38.1 Å². The van der Waals surface area contributed by atoms with Gasteiger partial charge in [-0.25, -0.2) is 0 Å². The molecule has 0 N–H and O–H groups in total. The molecule has 2 rings (SSSR count). The minimum atomic E-state index is -4.69. The Kier molecular flexibility index (Phi) is 3.65. The lowest BCUT2D eigenvalue weighted by molar-refractivity contribution is -0.138. The first-order chi connectivity index (χ1) is 9.59. The van der Waals surface area contributed by atoms with E-state index in [0.29, 0.717) is 5.89 Å². The Morgan fingerprint density at radius 3 is 2.43 bits per heavy atom. The van der Waals surface area contributed by atoms with Gasteiger partial charge in [0.15, 0.2) is 0 Å². The average Bonchev–Trinajstić information content (AvgIpc) is 2.78. The molecule has 0 amide bonds. The number of hydrogen-bond donors (Lipinski definition) is 0. The topological polar surface area (TPSA) is 60.9 Å². The third kappa shape index (κ3) is 3.32. The fourth-order valence-corrected chi connectivity index (χ4v) is 1.64. The van der Waals surface area contributed by atoms with Crippen molar-refractivity contribution in [3.05, 3.63) is 46.0 Å². The molecular formula is C13H14F3N3O2. The van der Waals surface area contributed by atoms with Crippen LogP contribution < -0.4 is 5.56 Å². The fraction of sp³-hybridized carbons (Fsp3) is 0.462. The SMILES string of the molecule is CC(C)(C)c1nnc(Cn2cccc(C(F)(F)F)c2=O)o1. The van der Waals surface area contributed by atoms with Crippen molar-refractivity contribution in [3.8, 4) is 0 Å². The first kappa shape index (κ1) is 15.3. The Bertz CT molecular complexity index is 696. The molecule has 0 saturated carbocycles. The maximum absolute atomic E-state index is 12.7. The Morgan fingerprint density at radius 2 is 1.90 bits per heavy atom. The molecular weight excluding hydrogens is 287 g/mol. The van der Waals surface area contributed by atoms with E-state index in [1.54, 1.807) is 0 Å². The summed E-state index contributed by atoms with van der Waals surface area (Å²) in [4.78, 5) is 11.8. The summed E-state index contributed by atoms with van der Waals surface area (Å²) in [5, 5.41) is 7.58. The molecule has 0 radical (unpaired) electrons. The summed E-state index contributed by atoms with van der Waals surface area (Å²) in [7, 11) is 0. The van der Waals surface area contributed by atoms with E-state index in [4.69, 9.17) is 4.42 Å². The van der Waals surface area contributed by atoms with Crippen molar-refractivity contribution >= 4 is 0 Å². The summed E-state index contributed by atoms with van der Waals surface area (Å²) in [6.45, 7) is 5.38. The molecule has 0 fully saturated rings. The minimum absolute atomic E-state index is 0.0846. The Labute approximate surface area is 118 Å². The molecule has 2 aromatic rings. The van der Waals surface area contributed by atoms with Crippen molar-refractivity contribution in [1.29, 1.82) is 0 Å². The molecule has 0 bridgehead atoms. The lowest BCUT2D eigenvalue weighted by Gasteiger charge is -2.11. The molecule has 0 spiro atoms. The second kappa shape index (κ2) is 5.01. The van der Waals surface area contributed by atoms with Crippen molar-refractivity contribution in [2.24, 2.45) is 0 Å². The molecule has 0 atom stereocenters. The van der Waals surface area contributed by atoms with E-state index in [1.807, 2.05) is 20.8 Å². The molecule has 5 nitrogen and oxygen atoms in total. The van der Waals surface area contributed by atoms with Crippen LogP contribution in [0.5, 0.6) is 0 Å². The summed E-state index contributed by atoms with van der Waals surface area (Å²) in [5.41, 5.74) is -2.73. The van der Waals surface area contributed by atoms with Crippen LogP contribution in [0.2, 0.25) is 0 Å². The highest BCUT2D eigenvalue weighted by molar-refractivity contribution is 5.14. The zero-order valence-electron chi connectivity index (χ0n) is 11.7. The van der Waals surface area contributed by atoms with Crippen molar-refractivity contribution < 1.29 is 17.6 Å². The van der Waals surface area contributed by atoms with Gasteiger partial charge in [-0.05, 0) is 12.1 Å². The summed E-state index contributed by atoms with van der Waals surface area (Å²) in [6.07, 6.45) is -3.44. The van der Waals surface area contributed by atoms with Crippen LogP contribution in [0.25, 0.3) is 0 Å². The van der Waals surface area contributed by atoms with E-state index in [0.717, 1.165) is 16.7 Å². The maximum Gasteiger partial charge on any atom is 0.421 e. The molecule has 0 unspecified atom stereocenters. The molecule has 2 heterocycles. The minimum Gasteiger partial charge on any atom is -0.423 e. The van der Waals surface area contributed by atoms with Crippen molar-refractivity contribution in [3.63, 3.8) is 0 Å². The van der Waals surface area contributed by atoms with Crippen molar-refractivity contribution in [2.45, 2.75) is 38.9 Å². The summed E-state index contributed by atoms with van der Waals surface area (Å²) in [6, 6.07) is 1.90. The predicted octanol–water partition coefficient (Wildman–Crippen LogP) is 2.60. The van der Waals surface area contributed by atoms with Gasteiger partial charge in [-0.3, -0.25) is 4.79 Å². The van der Waals surface area contributed by atoms with Gasteiger partial charge in [0.05, 0.1) is 0 Å². The highest BCUT2D eigenvalue weighted by atomic mass is 19.4. The van der Waals surface area contributed by atoms with Gasteiger partial charge in [-0.2, -0.15) is 13.2 Å². The fourth-order valence-electron chi connectivity index (χ4n) is 1.64. The molecule has 0 aliphatic rings. The lowest BCUT2D eigenvalue weighted by Crippen LogP contribution is -2.28. The van der Waals surface area contributed by atoms with Gasteiger partial charge in [-0.15, -0.1) is 10.2 Å². The third-order valence-electron chi connectivity index (χ3n) is 2.74. The van der Waals surface area contributed by atoms with Crippen LogP contribution in [0.15, 0.2) is 27.5 Å². The van der Waals surface area contributed by atoms with E-state index in [1.165, 1.54) is 6.20 Å². The van der Waals surface area contributed by atoms with Crippen LogP contribution in [0.4, 0.5) is 13.2 Å². The van der Waals surface area contributed by atoms with Gasteiger partial charge in [0.2, 0.25) is 11.8 Å². The zero-order valence-corrected chi connectivity index (χ0v) is 11.7. The van der Waals surface area contributed by atoms with Gasteiger partial charge < -0.3 is 8.98 Å². The van der Waals surface area contributed by atoms with Crippen molar-refractivity contribution in [1.82, 2.24) is 14.8 Å². The molecule has 8 heteroatoms. The summed E-state index contributed by atoms with van der Waals surface area (Å²) >= 11 is 0. The first-order valence-electron chi connectivity index (χ1n) is 6.18. The number of alkyl halides is 3. The Morgan fingerprint density at radius 1 is 1.24 bits per heavy atom. The van der Waals surface area contributed by atoms with Gasteiger partial charge in [0, 0.05) is 11.6 Å².